The molecule has 0 spiro atoms. The molecule has 1 aromatic heterocycles. The zero-order valence-corrected chi connectivity index (χ0v) is 12.0. The van der Waals surface area contributed by atoms with Crippen molar-refractivity contribution in [3.8, 4) is 17.2 Å². The largest absolute Gasteiger partial charge is 0.454 e. The van der Waals surface area contributed by atoms with E-state index in [9.17, 15) is 0 Å². The predicted molar refractivity (Wildman–Crippen MR) is 81.6 cm³/mol. The summed E-state index contributed by atoms with van der Waals surface area (Å²) in [7, 11) is 0. The topological polar surface area (TPSA) is 36.3 Å². The maximum Gasteiger partial charge on any atom is 0.231 e. The van der Waals surface area contributed by atoms with Gasteiger partial charge in [-0.15, -0.1) is 11.6 Å². The highest BCUT2D eigenvalue weighted by atomic mass is 35.5. The van der Waals surface area contributed by atoms with Gasteiger partial charge in [0.15, 0.2) is 11.5 Å². The van der Waals surface area contributed by atoms with Gasteiger partial charge in [0.25, 0.3) is 0 Å². The molecule has 2 aromatic carbocycles. The number of aromatic nitrogens is 2. The van der Waals surface area contributed by atoms with Crippen LogP contribution in [0.5, 0.6) is 11.5 Å². The van der Waals surface area contributed by atoms with E-state index in [1.165, 1.54) is 0 Å². The zero-order valence-electron chi connectivity index (χ0n) is 11.3. The molecular formula is C16H13ClN2O2. The van der Waals surface area contributed by atoms with Crippen LogP contribution in [-0.4, -0.2) is 22.2 Å². The van der Waals surface area contributed by atoms with Gasteiger partial charge in [-0.1, -0.05) is 12.1 Å². The summed E-state index contributed by atoms with van der Waals surface area (Å²) in [6.45, 7) is 0.276. The molecule has 21 heavy (non-hydrogen) atoms. The van der Waals surface area contributed by atoms with E-state index in [-0.39, 0.29) is 6.79 Å². The lowest BCUT2D eigenvalue weighted by Crippen LogP contribution is -2.02. The van der Waals surface area contributed by atoms with Gasteiger partial charge in [-0.05, 0) is 24.3 Å². The van der Waals surface area contributed by atoms with Crippen LogP contribution < -0.4 is 9.47 Å². The molecular weight excluding hydrogens is 288 g/mol. The Hall–Kier alpha value is -2.20. The number of ether oxygens (including phenoxy) is 2. The smallest absolute Gasteiger partial charge is 0.231 e. The molecule has 0 N–H and O–H groups in total. The van der Waals surface area contributed by atoms with E-state index in [0.29, 0.717) is 12.3 Å². The minimum Gasteiger partial charge on any atom is -0.454 e. The van der Waals surface area contributed by atoms with E-state index < -0.39 is 0 Å². The highest BCUT2D eigenvalue weighted by Gasteiger charge is 2.17. The molecule has 0 saturated heterocycles. The molecule has 0 radical (unpaired) electrons. The Kier molecular flexibility index (Phi) is 2.97. The fourth-order valence-electron chi connectivity index (χ4n) is 2.64. The number of rotatable bonds is 3. The van der Waals surface area contributed by atoms with Crippen LogP contribution in [0.1, 0.15) is 5.82 Å². The molecule has 0 atom stereocenters. The molecule has 3 aromatic rings. The first-order chi connectivity index (χ1) is 10.4. The maximum atomic E-state index is 5.92. The molecule has 0 fully saturated rings. The number of hydrogen-bond acceptors (Lipinski definition) is 3. The Balaban J connectivity index is 1.94. The predicted octanol–water partition coefficient (Wildman–Crippen LogP) is 3.54. The lowest BCUT2D eigenvalue weighted by atomic mass is 10.2. The SMILES string of the molecule is ClCCc1nc2ccccc2n1-c1ccc2c(c1)OCO2. The molecule has 1 aliphatic heterocycles. The molecule has 4 nitrogen and oxygen atoms in total. The van der Waals surface area contributed by atoms with Crippen LogP contribution in [-0.2, 0) is 6.42 Å². The van der Waals surface area contributed by atoms with Gasteiger partial charge in [-0.2, -0.15) is 0 Å². The molecule has 1 aliphatic rings. The Bertz CT molecular complexity index is 813. The molecule has 5 heteroatoms. The summed E-state index contributed by atoms with van der Waals surface area (Å²) in [5, 5.41) is 0. The fraction of sp³-hybridized carbons (Fsp3) is 0.188. The van der Waals surface area contributed by atoms with Crippen molar-refractivity contribution in [2.45, 2.75) is 6.42 Å². The molecule has 0 unspecified atom stereocenters. The van der Waals surface area contributed by atoms with Gasteiger partial charge in [0.1, 0.15) is 5.82 Å². The quantitative estimate of drug-likeness (QED) is 0.694. The fourth-order valence-corrected chi connectivity index (χ4v) is 2.81. The summed E-state index contributed by atoms with van der Waals surface area (Å²) in [6, 6.07) is 14.0. The van der Waals surface area contributed by atoms with Gasteiger partial charge in [-0.25, -0.2) is 4.98 Å². The number of aryl methyl sites for hydroxylation is 1. The van der Waals surface area contributed by atoms with Gasteiger partial charge in [-0.3, -0.25) is 4.57 Å². The van der Waals surface area contributed by atoms with Crippen molar-refractivity contribution in [2.24, 2.45) is 0 Å². The third kappa shape index (κ3) is 2.03. The second-order valence-electron chi connectivity index (χ2n) is 4.83. The summed E-state index contributed by atoms with van der Waals surface area (Å²) in [5.74, 6) is 3.03. The normalized spacial score (nSPS) is 13.0. The Labute approximate surface area is 126 Å². The van der Waals surface area contributed by atoms with Crippen LogP contribution >= 0.6 is 11.6 Å². The van der Waals surface area contributed by atoms with Crippen LogP contribution in [0.4, 0.5) is 0 Å². The van der Waals surface area contributed by atoms with E-state index in [1.54, 1.807) is 0 Å². The van der Waals surface area contributed by atoms with Crippen LogP contribution in [0, 0.1) is 0 Å². The number of halogens is 1. The number of para-hydroxylation sites is 2. The lowest BCUT2D eigenvalue weighted by molar-refractivity contribution is 0.174. The second kappa shape index (κ2) is 4.97. The van der Waals surface area contributed by atoms with E-state index in [2.05, 4.69) is 15.6 Å². The second-order valence-corrected chi connectivity index (χ2v) is 5.21. The van der Waals surface area contributed by atoms with Gasteiger partial charge in [0.2, 0.25) is 6.79 Å². The molecule has 4 rings (SSSR count). The number of nitrogens with zero attached hydrogens (tertiary/aromatic N) is 2. The van der Waals surface area contributed by atoms with Crippen LogP contribution in [0.15, 0.2) is 42.5 Å². The zero-order chi connectivity index (χ0) is 14.2. The van der Waals surface area contributed by atoms with E-state index >= 15 is 0 Å². The minimum absolute atomic E-state index is 0.276. The first-order valence-electron chi connectivity index (χ1n) is 6.79. The van der Waals surface area contributed by atoms with Crippen molar-refractivity contribution in [1.29, 1.82) is 0 Å². The maximum absolute atomic E-state index is 5.92. The van der Waals surface area contributed by atoms with E-state index in [0.717, 1.165) is 34.0 Å². The van der Waals surface area contributed by atoms with Crippen LogP contribution in [0.25, 0.3) is 16.7 Å². The van der Waals surface area contributed by atoms with Gasteiger partial charge < -0.3 is 9.47 Å². The van der Waals surface area contributed by atoms with Crippen molar-refractivity contribution >= 4 is 22.6 Å². The van der Waals surface area contributed by atoms with E-state index in [1.807, 2.05) is 36.4 Å². The third-order valence-corrected chi connectivity index (χ3v) is 3.75. The highest BCUT2D eigenvalue weighted by molar-refractivity contribution is 6.17. The average molecular weight is 301 g/mol. The molecule has 2 heterocycles. The third-order valence-electron chi connectivity index (χ3n) is 3.56. The van der Waals surface area contributed by atoms with Crippen molar-refractivity contribution in [2.75, 3.05) is 12.7 Å². The van der Waals surface area contributed by atoms with Crippen molar-refractivity contribution in [1.82, 2.24) is 9.55 Å². The summed E-state index contributed by atoms with van der Waals surface area (Å²) >= 11 is 5.92. The minimum atomic E-state index is 0.276. The van der Waals surface area contributed by atoms with Crippen molar-refractivity contribution in [3.05, 3.63) is 48.3 Å². The number of hydrogen-bond donors (Lipinski definition) is 0. The molecule has 0 amide bonds. The number of alkyl halides is 1. The van der Waals surface area contributed by atoms with Crippen molar-refractivity contribution < 1.29 is 9.47 Å². The summed E-state index contributed by atoms with van der Waals surface area (Å²) in [6.07, 6.45) is 0.713. The first-order valence-corrected chi connectivity index (χ1v) is 7.32. The van der Waals surface area contributed by atoms with Crippen LogP contribution in [0.3, 0.4) is 0 Å². The van der Waals surface area contributed by atoms with Crippen LogP contribution in [0.2, 0.25) is 0 Å². The molecule has 106 valence electrons. The monoisotopic (exact) mass is 300 g/mol. The number of fused-ring (bicyclic) bond motifs is 2. The summed E-state index contributed by atoms with van der Waals surface area (Å²) < 4.78 is 13.0. The molecule has 0 aliphatic carbocycles. The van der Waals surface area contributed by atoms with Crippen molar-refractivity contribution in [3.63, 3.8) is 0 Å². The highest BCUT2D eigenvalue weighted by Crippen LogP contribution is 2.35. The Morgan fingerprint density at radius 3 is 2.86 bits per heavy atom. The Morgan fingerprint density at radius 1 is 1.10 bits per heavy atom. The lowest BCUT2D eigenvalue weighted by Gasteiger charge is -2.09. The molecule has 0 saturated carbocycles. The number of imidazole rings is 1. The van der Waals surface area contributed by atoms with E-state index in [4.69, 9.17) is 21.1 Å². The van der Waals surface area contributed by atoms with Gasteiger partial charge in [0.05, 0.1) is 16.7 Å². The Morgan fingerprint density at radius 2 is 1.95 bits per heavy atom. The first kappa shape index (κ1) is 12.5. The van der Waals surface area contributed by atoms with Gasteiger partial charge in [0, 0.05) is 18.4 Å². The summed E-state index contributed by atoms with van der Waals surface area (Å²) in [4.78, 5) is 4.68. The standard InChI is InChI=1S/C16H13ClN2O2/c17-8-7-16-18-12-3-1-2-4-13(12)19(16)11-5-6-14-15(9-11)21-10-20-14/h1-6,9H,7-8,10H2. The number of benzene rings is 2. The average Bonchev–Trinajstić information content (AvgIpc) is 3.10. The van der Waals surface area contributed by atoms with Gasteiger partial charge >= 0.3 is 0 Å². The summed E-state index contributed by atoms with van der Waals surface area (Å²) in [5.41, 5.74) is 3.04. The molecule has 0 bridgehead atoms.